The van der Waals surface area contributed by atoms with Gasteiger partial charge in [0.25, 0.3) is 5.91 Å². The molecule has 0 N–H and O–H groups in total. The maximum atomic E-state index is 12.9. The van der Waals surface area contributed by atoms with Gasteiger partial charge in [-0.25, -0.2) is 4.68 Å². The lowest BCUT2D eigenvalue weighted by Gasteiger charge is -2.33. The normalized spacial score (nSPS) is 18.2. The number of para-hydroxylation sites is 1. The average Bonchev–Trinajstić information content (AvgIpc) is 3.16. The molecule has 4 rings (SSSR count). The Labute approximate surface area is 145 Å². The lowest BCUT2D eigenvalue weighted by Crippen LogP contribution is -2.41. The maximum absolute atomic E-state index is 12.9. The molecule has 4 nitrogen and oxygen atoms in total. The molecule has 24 heavy (non-hydrogen) atoms. The molecule has 0 bridgehead atoms. The molecule has 0 saturated carbocycles. The molecule has 1 atom stereocenters. The zero-order chi connectivity index (χ0) is 16.7. The first kappa shape index (κ1) is 15.4. The van der Waals surface area contributed by atoms with Crippen LogP contribution in [0.5, 0.6) is 0 Å². The van der Waals surface area contributed by atoms with Crippen LogP contribution in [0, 0.1) is 6.92 Å². The van der Waals surface area contributed by atoms with Crippen LogP contribution in [-0.2, 0) is 0 Å². The van der Waals surface area contributed by atoms with Crippen LogP contribution < -0.4 is 0 Å². The second-order valence-electron chi connectivity index (χ2n) is 6.51. The molecule has 3 aromatic rings. The van der Waals surface area contributed by atoms with E-state index in [-0.39, 0.29) is 5.91 Å². The van der Waals surface area contributed by atoms with E-state index in [2.05, 4.69) is 12.0 Å². The van der Waals surface area contributed by atoms with Gasteiger partial charge in [0.1, 0.15) is 4.83 Å². The number of likely N-dealkylation sites (tertiary alicyclic amines) is 1. The fourth-order valence-electron chi connectivity index (χ4n) is 3.44. The number of rotatable bonds is 2. The van der Waals surface area contributed by atoms with Gasteiger partial charge >= 0.3 is 0 Å². The van der Waals surface area contributed by atoms with Gasteiger partial charge in [-0.1, -0.05) is 18.2 Å². The summed E-state index contributed by atoms with van der Waals surface area (Å²) in [6.07, 6.45) is 3.44. The summed E-state index contributed by atoms with van der Waals surface area (Å²) in [7, 11) is 0. The van der Waals surface area contributed by atoms with Crippen molar-refractivity contribution in [1.29, 1.82) is 0 Å². The Morgan fingerprint density at radius 3 is 2.79 bits per heavy atom. The molecular formula is C19H21N3OS. The Hall–Kier alpha value is -2.14. The molecule has 124 valence electrons. The molecule has 0 radical (unpaired) electrons. The van der Waals surface area contributed by atoms with Crippen LogP contribution in [0.15, 0.2) is 36.4 Å². The van der Waals surface area contributed by atoms with Gasteiger partial charge in [0.2, 0.25) is 0 Å². The van der Waals surface area contributed by atoms with Crippen molar-refractivity contribution in [3.05, 3.63) is 47.0 Å². The highest BCUT2D eigenvalue weighted by Crippen LogP contribution is 2.32. The van der Waals surface area contributed by atoms with E-state index in [1.807, 2.05) is 52.9 Å². The van der Waals surface area contributed by atoms with E-state index >= 15 is 0 Å². The third-order valence-corrected chi connectivity index (χ3v) is 5.92. The van der Waals surface area contributed by atoms with Crippen LogP contribution in [0.1, 0.15) is 41.6 Å². The summed E-state index contributed by atoms with van der Waals surface area (Å²) in [6.45, 7) is 5.03. The first-order chi connectivity index (χ1) is 11.6. The molecule has 1 fully saturated rings. The van der Waals surface area contributed by atoms with Gasteiger partial charge in [0, 0.05) is 18.0 Å². The van der Waals surface area contributed by atoms with Crippen LogP contribution in [0.4, 0.5) is 0 Å². The third-order valence-electron chi connectivity index (χ3n) is 4.82. The van der Waals surface area contributed by atoms with Gasteiger partial charge in [-0.05, 0) is 51.3 Å². The molecule has 1 aromatic carbocycles. The highest BCUT2D eigenvalue weighted by atomic mass is 32.1. The number of carbonyl (C=O) groups is 1. The second kappa shape index (κ2) is 6.06. The van der Waals surface area contributed by atoms with Gasteiger partial charge in [-0.2, -0.15) is 5.10 Å². The zero-order valence-corrected chi connectivity index (χ0v) is 14.8. The van der Waals surface area contributed by atoms with E-state index in [1.54, 1.807) is 11.3 Å². The summed E-state index contributed by atoms with van der Waals surface area (Å²) in [4.78, 5) is 16.8. The largest absolute Gasteiger partial charge is 0.335 e. The predicted molar refractivity (Wildman–Crippen MR) is 98.0 cm³/mol. The molecule has 1 amide bonds. The number of hydrogen-bond donors (Lipinski definition) is 0. The Kier molecular flexibility index (Phi) is 3.88. The number of piperidine rings is 1. The van der Waals surface area contributed by atoms with Crippen LogP contribution >= 0.6 is 11.3 Å². The van der Waals surface area contributed by atoms with E-state index in [0.29, 0.717) is 6.04 Å². The fraction of sp³-hybridized carbons (Fsp3) is 0.368. The van der Waals surface area contributed by atoms with Gasteiger partial charge in [-0.3, -0.25) is 4.79 Å². The monoisotopic (exact) mass is 339 g/mol. The van der Waals surface area contributed by atoms with Crippen LogP contribution in [0.2, 0.25) is 0 Å². The lowest BCUT2D eigenvalue weighted by molar-refractivity contribution is 0.0641. The van der Waals surface area contributed by atoms with Crippen LogP contribution in [-0.4, -0.2) is 33.2 Å². The number of thiophene rings is 1. The van der Waals surface area contributed by atoms with Crippen molar-refractivity contribution in [2.45, 2.75) is 39.2 Å². The molecule has 5 heteroatoms. The number of aryl methyl sites for hydroxylation is 1. The standard InChI is InChI=1S/C19H21N3OS/c1-13-8-6-7-11-21(13)18(23)17-12-16-14(2)20-22(19(16)24-17)15-9-4-3-5-10-15/h3-5,9-10,12-13H,6-8,11H2,1-2H3/t13-/m1/s1. The average molecular weight is 339 g/mol. The van der Waals surface area contributed by atoms with Crippen molar-refractivity contribution in [1.82, 2.24) is 14.7 Å². The van der Waals surface area contributed by atoms with Crippen molar-refractivity contribution in [3.8, 4) is 5.69 Å². The minimum Gasteiger partial charge on any atom is -0.335 e. The van der Waals surface area contributed by atoms with E-state index in [4.69, 9.17) is 0 Å². The molecule has 1 saturated heterocycles. The van der Waals surface area contributed by atoms with E-state index in [1.165, 1.54) is 6.42 Å². The molecule has 1 aliphatic heterocycles. The number of fused-ring (bicyclic) bond motifs is 1. The first-order valence-corrected chi connectivity index (χ1v) is 9.32. The molecule has 0 aliphatic carbocycles. The molecule has 0 unspecified atom stereocenters. The first-order valence-electron chi connectivity index (χ1n) is 8.50. The van der Waals surface area contributed by atoms with Crippen molar-refractivity contribution < 1.29 is 4.79 Å². The minimum absolute atomic E-state index is 0.169. The molecule has 3 heterocycles. The highest BCUT2D eigenvalue weighted by molar-refractivity contribution is 7.20. The summed E-state index contributed by atoms with van der Waals surface area (Å²) < 4.78 is 1.95. The Morgan fingerprint density at radius 1 is 1.25 bits per heavy atom. The molecular weight excluding hydrogens is 318 g/mol. The van der Waals surface area contributed by atoms with Crippen molar-refractivity contribution in [2.75, 3.05) is 6.54 Å². The molecule has 0 spiro atoms. The lowest BCUT2D eigenvalue weighted by atomic mass is 10.0. The summed E-state index contributed by atoms with van der Waals surface area (Å²) in [6, 6.07) is 12.5. The Bertz CT molecular complexity index is 881. The molecule has 2 aromatic heterocycles. The van der Waals surface area contributed by atoms with Gasteiger partial charge in [0.05, 0.1) is 16.3 Å². The predicted octanol–water partition coefficient (Wildman–Crippen LogP) is 4.41. The molecule has 1 aliphatic rings. The van der Waals surface area contributed by atoms with Gasteiger partial charge in [0.15, 0.2) is 0 Å². The second-order valence-corrected chi connectivity index (χ2v) is 7.54. The smallest absolute Gasteiger partial charge is 0.264 e. The third kappa shape index (κ3) is 2.53. The number of carbonyl (C=O) groups excluding carboxylic acids is 1. The van der Waals surface area contributed by atoms with Crippen LogP contribution in [0.25, 0.3) is 15.9 Å². The van der Waals surface area contributed by atoms with Gasteiger partial charge < -0.3 is 4.90 Å². The Balaban J connectivity index is 1.75. The zero-order valence-electron chi connectivity index (χ0n) is 14.0. The van der Waals surface area contributed by atoms with Crippen molar-refractivity contribution in [3.63, 3.8) is 0 Å². The summed E-state index contributed by atoms with van der Waals surface area (Å²) >= 11 is 1.55. The van der Waals surface area contributed by atoms with E-state index < -0.39 is 0 Å². The highest BCUT2D eigenvalue weighted by Gasteiger charge is 2.26. The quantitative estimate of drug-likeness (QED) is 0.693. The Morgan fingerprint density at radius 2 is 2.04 bits per heavy atom. The van der Waals surface area contributed by atoms with Crippen LogP contribution in [0.3, 0.4) is 0 Å². The number of nitrogens with zero attached hydrogens (tertiary/aromatic N) is 3. The van der Waals surface area contributed by atoms with Gasteiger partial charge in [-0.15, -0.1) is 11.3 Å². The maximum Gasteiger partial charge on any atom is 0.264 e. The topological polar surface area (TPSA) is 38.1 Å². The number of hydrogen-bond acceptors (Lipinski definition) is 3. The minimum atomic E-state index is 0.169. The SMILES string of the molecule is Cc1nn(-c2ccccc2)c2sc(C(=O)N3CCCC[C@H]3C)cc12. The van der Waals surface area contributed by atoms with E-state index in [9.17, 15) is 4.79 Å². The fourth-order valence-corrected chi connectivity index (χ4v) is 4.58. The number of amides is 1. The van der Waals surface area contributed by atoms with E-state index in [0.717, 1.165) is 45.9 Å². The number of aromatic nitrogens is 2. The summed E-state index contributed by atoms with van der Waals surface area (Å²) in [5.41, 5.74) is 2.00. The number of benzene rings is 1. The summed E-state index contributed by atoms with van der Waals surface area (Å²) in [5.74, 6) is 0.169. The van der Waals surface area contributed by atoms with Crippen molar-refractivity contribution >= 4 is 27.5 Å². The van der Waals surface area contributed by atoms with Crippen molar-refractivity contribution in [2.24, 2.45) is 0 Å². The summed E-state index contributed by atoms with van der Waals surface area (Å²) in [5, 5.41) is 5.73.